The summed E-state index contributed by atoms with van der Waals surface area (Å²) >= 11 is 1.21. The van der Waals surface area contributed by atoms with Crippen LogP contribution in [0.1, 0.15) is 28.8 Å². The van der Waals surface area contributed by atoms with Gasteiger partial charge >= 0.3 is 5.69 Å². The molecule has 0 spiro atoms. The first kappa shape index (κ1) is 17.2. The Kier molecular flexibility index (Phi) is 5.15. The van der Waals surface area contributed by atoms with Gasteiger partial charge in [-0.05, 0) is 18.9 Å². The summed E-state index contributed by atoms with van der Waals surface area (Å²) in [7, 11) is 0. The molecule has 0 aliphatic rings. The Bertz CT molecular complexity index is 964. The van der Waals surface area contributed by atoms with Gasteiger partial charge in [-0.25, -0.2) is 4.79 Å². The number of hydrogen-bond acceptors (Lipinski definition) is 7. The van der Waals surface area contributed by atoms with Crippen LogP contribution >= 0.6 is 11.8 Å². The zero-order chi connectivity index (χ0) is 17.8. The molecule has 25 heavy (non-hydrogen) atoms. The number of H-pyrrole nitrogens is 2. The van der Waals surface area contributed by atoms with Crippen molar-refractivity contribution >= 4 is 11.8 Å². The van der Waals surface area contributed by atoms with Crippen LogP contribution in [-0.4, -0.2) is 20.2 Å². The Morgan fingerprint density at radius 3 is 2.68 bits per heavy atom. The molecule has 0 bridgehead atoms. The van der Waals surface area contributed by atoms with Crippen molar-refractivity contribution in [1.29, 1.82) is 0 Å². The number of aryl methyl sites for hydroxylation is 1. The first-order valence-corrected chi connectivity index (χ1v) is 8.59. The van der Waals surface area contributed by atoms with E-state index in [0.29, 0.717) is 34.5 Å². The molecule has 1 aromatic carbocycles. The number of hydrogen-bond donors (Lipinski definition) is 3. The van der Waals surface area contributed by atoms with E-state index in [-0.39, 0.29) is 0 Å². The maximum atomic E-state index is 11.8. The van der Waals surface area contributed by atoms with Crippen LogP contribution in [0.15, 0.2) is 49.6 Å². The van der Waals surface area contributed by atoms with Crippen molar-refractivity contribution in [3.63, 3.8) is 0 Å². The van der Waals surface area contributed by atoms with Crippen molar-refractivity contribution in [2.45, 2.75) is 30.4 Å². The SMILES string of the molecule is Cc1[nH]c(=O)[nH]c(=O)c1CSc1nnc(C(N)Cc2ccccc2)o1. The van der Waals surface area contributed by atoms with E-state index in [9.17, 15) is 9.59 Å². The molecule has 0 fully saturated rings. The molecule has 9 heteroatoms. The number of nitrogens with two attached hydrogens (primary N) is 1. The fourth-order valence-electron chi connectivity index (χ4n) is 2.32. The molecular weight excluding hydrogens is 342 g/mol. The smallest absolute Gasteiger partial charge is 0.325 e. The average Bonchev–Trinajstić information content (AvgIpc) is 3.04. The predicted octanol–water partition coefficient (Wildman–Crippen LogP) is 1.29. The highest BCUT2D eigenvalue weighted by atomic mass is 32.2. The zero-order valence-corrected chi connectivity index (χ0v) is 14.3. The van der Waals surface area contributed by atoms with E-state index in [1.165, 1.54) is 11.8 Å². The molecule has 130 valence electrons. The highest BCUT2D eigenvalue weighted by molar-refractivity contribution is 7.98. The lowest BCUT2D eigenvalue weighted by atomic mass is 10.1. The van der Waals surface area contributed by atoms with Gasteiger partial charge in [-0.15, -0.1) is 10.2 Å². The van der Waals surface area contributed by atoms with Gasteiger partial charge in [-0.2, -0.15) is 0 Å². The van der Waals surface area contributed by atoms with Crippen molar-refractivity contribution in [2.24, 2.45) is 5.73 Å². The van der Waals surface area contributed by atoms with E-state index in [4.69, 9.17) is 10.2 Å². The average molecular weight is 359 g/mol. The summed E-state index contributed by atoms with van der Waals surface area (Å²) < 4.78 is 5.57. The van der Waals surface area contributed by atoms with E-state index >= 15 is 0 Å². The van der Waals surface area contributed by atoms with Gasteiger partial charge in [0.2, 0.25) is 5.89 Å². The zero-order valence-electron chi connectivity index (χ0n) is 13.5. The third-order valence-corrected chi connectivity index (χ3v) is 4.48. The standard InChI is InChI=1S/C16H17N5O3S/c1-9-11(13(22)19-15(23)18-9)8-25-16-21-20-14(24-16)12(17)7-10-5-3-2-4-6-10/h2-6,12H,7-8,17H2,1H3,(H2,18,19,22,23). The van der Waals surface area contributed by atoms with Crippen molar-refractivity contribution in [1.82, 2.24) is 20.2 Å². The molecule has 0 amide bonds. The minimum atomic E-state index is -0.525. The Balaban J connectivity index is 1.66. The lowest BCUT2D eigenvalue weighted by molar-refractivity contribution is 0.385. The van der Waals surface area contributed by atoms with Crippen molar-refractivity contribution < 1.29 is 4.42 Å². The predicted molar refractivity (Wildman–Crippen MR) is 93.4 cm³/mol. The largest absolute Gasteiger partial charge is 0.414 e. The third kappa shape index (κ3) is 4.25. The summed E-state index contributed by atoms with van der Waals surface area (Å²) in [6.45, 7) is 1.67. The van der Waals surface area contributed by atoms with E-state index in [1.807, 2.05) is 30.3 Å². The highest BCUT2D eigenvalue weighted by Crippen LogP contribution is 2.23. The fraction of sp³-hybridized carbons (Fsp3) is 0.250. The van der Waals surface area contributed by atoms with Gasteiger partial charge in [0.05, 0.1) is 6.04 Å². The first-order chi connectivity index (χ1) is 12.0. The quantitative estimate of drug-likeness (QED) is 0.565. The normalized spacial score (nSPS) is 12.2. The van der Waals surface area contributed by atoms with Gasteiger partial charge in [0.25, 0.3) is 10.8 Å². The summed E-state index contributed by atoms with van der Waals surface area (Å²) in [5.41, 5.74) is 7.22. The molecule has 1 unspecified atom stereocenters. The van der Waals surface area contributed by atoms with Crippen LogP contribution in [0.3, 0.4) is 0 Å². The molecular formula is C16H17N5O3S. The number of rotatable bonds is 6. The molecule has 3 rings (SSSR count). The molecule has 0 aliphatic heterocycles. The number of aromatic amines is 2. The summed E-state index contributed by atoms with van der Waals surface area (Å²) in [5, 5.41) is 8.25. The van der Waals surface area contributed by atoms with Gasteiger partial charge in [-0.3, -0.25) is 9.78 Å². The van der Waals surface area contributed by atoms with E-state index in [1.54, 1.807) is 6.92 Å². The van der Waals surface area contributed by atoms with Crippen LogP contribution in [-0.2, 0) is 12.2 Å². The number of benzene rings is 1. The highest BCUT2D eigenvalue weighted by Gasteiger charge is 2.16. The van der Waals surface area contributed by atoms with Crippen LogP contribution in [0.4, 0.5) is 0 Å². The molecule has 2 aromatic heterocycles. The number of thioether (sulfide) groups is 1. The summed E-state index contributed by atoms with van der Waals surface area (Å²) in [6, 6.07) is 9.40. The first-order valence-electron chi connectivity index (χ1n) is 7.60. The van der Waals surface area contributed by atoms with Crippen molar-refractivity contribution in [3.8, 4) is 0 Å². The molecule has 3 aromatic rings. The number of nitrogens with zero attached hydrogens (tertiary/aromatic N) is 2. The molecule has 0 aliphatic carbocycles. The molecule has 2 heterocycles. The van der Waals surface area contributed by atoms with Gasteiger partial charge in [-0.1, -0.05) is 42.1 Å². The van der Waals surface area contributed by atoms with Gasteiger partial charge in [0.1, 0.15) is 0 Å². The fourth-order valence-corrected chi connectivity index (χ4v) is 3.18. The minimum Gasteiger partial charge on any atom is -0.414 e. The van der Waals surface area contributed by atoms with E-state index in [2.05, 4.69) is 20.2 Å². The third-order valence-electron chi connectivity index (χ3n) is 3.63. The van der Waals surface area contributed by atoms with Crippen LogP contribution in [0.5, 0.6) is 0 Å². The number of nitrogens with one attached hydrogen (secondary N) is 2. The van der Waals surface area contributed by atoms with Crippen LogP contribution in [0, 0.1) is 6.92 Å². The van der Waals surface area contributed by atoms with E-state index < -0.39 is 17.3 Å². The topological polar surface area (TPSA) is 131 Å². The maximum absolute atomic E-state index is 11.8. The van der Waals surface area contributed by atoms with E-state index in [0.717, 1.165) is 5.56 Å². The van der Waals surface area contributed by atoms with Crippen LogP contribution in [0.25, 0.3) is 0 Å². The lowest BCUT2D eigenvalue weighted by Crippen LogP contribution is -2.26. The molecule has 0 radical (unpaired) electrons. The Labute approximate surface area is 146 Å². The second-order valence-corrected chi connectivity index (χ2v) is 6.43. The second-order valence-electron chi connectivity index (χ2n) is 5.50. The molecule has 8 nitrogen and oxygen atoms in total. The van der Waals surface area contributed by atoms with Crippen LogP contribution < -0.4 is 17.0 Å². The monoisotopic (exact) mass is 359 g/mol. The van der Waals surface area contributed by atoms with Crippen molar-refractivity contribution in [3.05, 3.63) is 73.9 Å². The molecule has 0 saturated carbocycles. The van der Waals surface area contributed by atoms with Crippen LogP contribution in [0.2, 0.25) is 0 Å². The second kappa shape index (κ2) is 7.49. The Morgan fingerprint density at radius 1 is 1.20 bits per heavy atom. The van der Waals surface area contributed by atoms with Crippen molar-refractivity contribution in [2.75, 3.05) is 0 Å². The summed E-state index contributed by atoms with van der Waals surface area (Å²) in [4.78, 5) is 27.8. The van der Waals surface area contributed by atoms with Gasteiger partial charge in [0.15, 0.2) is 0 Å². The van der Waals surface area contributed by atoms with Gasteiger partial charge < -0.3 is 15.1 Å². The van der Waals surface area contributed by atoms with Gasteiger partial charge in [0, 0.05) is 17.0 Å². The minimum absolute atomic E-state index is 0.299. The summed E-state index contributed by atoms with van der Waals surface area (Å²) in [6.07, 6.45) is 0.589. The maximum Gasteiger partial charge on any atom is 0.325 e. The molecule has 4 N–H and O–H groups in total. The number of aromatic nitrogens is 4. The Morgan fingerprint density at radius 2 is 1.96 bits per heavy atom. The molecule has 0 saturated heterocycles. The lowest BCUT2D eigenvalue weighted by Gasteiger charge is -2.06. The summed E-state index contributed by atoms with van der Waals surface area (Å²) in [5.74, 6) is 0.645. The Hall–Kier alpha value is -2.65. The molecule has 1 atom stereocenters.